The van der Waals surface area contributed by atoms with Gasteiger partial charge in [-0.2, -0.15) is 0 Å². The summed E-state index contributed by atoms with van der Waals surface area (Å²) in [5.74, 6) is 0.0805. The zero-order chi connectivity index (χ0) is 17.3. The van der Waals surface area contributed by atoms with E-state index in [0.717, 1.165) is 24.1 Å². The minimum Gasteiger partial charge on any atom is -0.387 e. The standard InChI is InChI=1S/C18H25N5O2/c24-17(7-11-23-16-6-2-1-5-15(16)19-20-23)22-12-8-18(25,14-22)13-21-9-3-4-10-21/h1-2,5-6,25H,3-4,7-14H2. The number of likely N-dealkylation sites (tertiary alicyclic amines) is 2. The highest BCUT2D eigenvalue weighted by Crippen LogP contribution is 2.25. The molecule has 25 heavy (non-hydrogen) atoms. The number of para-hydroxylation sites is 1. The van der Waals surface area contributed by atoms with Crippen molar-refractivity contribution in [3.8, 4) is 0 Å². The molecule has 2 fully saturated rings. The third kappa shape index (κ3) is 3.52. The number of carbonyl (C=O) groups is 1. The van der Waals surface area contributed by atoms with Crippen molar-refractivity contribution in [3.05, 3.63) is 24.3 Å². The van der Waals surface area contributed by atoms with Crippen molar-refractivity contribution in [3.63, 3.8) is 0 Å². The van der Waals surface area contributed by atoms with Gasteiger partial charge in [-0.3, -0.25) is 4.79 Å². The Morgan fingerprint density at radius 3 is 2.84 bits per heavy atom. The SMILES string of the molecule is O=C(CCn1nnc2ccccc21)N1CCC(O)(CN2CCCC2)C1. The molecule has 4 rings (SSSR count). The number of aromatic nitrogens is 3. The molecule has 2 aliphatic rings. The number of β-amino-alcohol motifs (C(OH)–C–C–N with tert-alkyl or cyclic N) is 1. The van der Waals surface area contributed by atoms with Gasteiger partial charge in [0.1, 0.15) is 5.52 Å². The summed E-state index contributed by atoms with van der Waals surface area (Å²) in [5, 5.41) is 19.0. The van der Waals surface area contributed by atoms with Gasteiger partial charge in [-0.25, -0.2) is 4.68 Å². The molecule has 0 aliphatic carbocycles. The molecule has 7 heteroatoms. The highest BCUT2D eigenvalue weighted by atomic mass is 16.3. The summed E-state index contributed by atoms with van der Waals surface area (Å²) in [7, 11) is 0. The van der Waals surface area contributed by atoms with Crippen LogP contribution in [0.4, 0.5) is 0 Å². The Morgan fingerprint density at radius 1 is 1.20 bits per heavy atom. The van der Waals surface area contributed by atoms with Crippen LogP contribution in [0.25, 0.3) is 11.0 Å². The Morgan fingerprint density at radius 2 is 2.00 bits per heavy atom. The van der Waals surface area contributed by atoms with Crippen molar-refractivity contribution in [1.29, 1.82) is 0 Å². The summed E-state index contributed by atoms with van der Waals surface area (Å²) >= 11 is 0. The van der Waals surface area contributed by atoms with Gasteiger partial charge in [-0.1, -0.05) is 17.3 Å². The van der Waals surface area contributed by atoms with Crippen LogP contribution in [-0.4, -0.2) is 74.1 Å². The number of rotatable bonds is 5. The topological polar surface area (TPSA) is 74.5 Å². The van der Waals surface area contributed by atoms with E-state index in [2.05, 4.69) is 15.2 Å². The van der Waals surface area contributed by atoms with E-state index in [1.54, 1.807) is 9.58 Å². The Bertz CT molecular complexity index is 755. The van der Waals surface area contributed by atoms with Crippen molar-refractivity contribution < 1.29 is 9.90 Å². The number of hydrogen-bond acceptors (Lipinski definition) is 5. The zero-order valence-corrected chi connectivity index (χ0v) is 14.5. The quantitative estimate of drug-likeness (QED) is 0.872. The molecule has 1 aromatic carbocycles. The molecule has 7 nitrogen and oxygen atoms in total. The van der Waals surface area contributed by atoms with Crippen molar-refractivity contribution in [2.24, 2.45) is 0 Å². The van der Waals surface area contributed by atoms with Gasteiger partial charge in [0.15, 0.2) is 0 Å². The minimum atomic E-state index is -0.750. The van der Waals surface area contributed by atoms with E-state index in [1.165, 1.54) is 12.8 Å². The maximum Gasteiger partial charge on any atom is 0.224 e. The van der Waals surface area contributed by atoms with E-state index in [0.29, 0.717) is 39.0 Å². The Balaban J connectivity index is 1.32. The monoisotopic (exact) mass is 343 g/mol. The number of nitrogens with zero attached hydrogens (tertiary/aromatic N) is 5. The largest absolute Gasteiger partial charge is 0.387 e. The number of hydrogen-bond donors (Lipinski definition) is 1. The van der Waals surface area contributed by atoms with Crippen LogP contribution in [0.2, 0.25) is 0 Å². The first-order chi connectivity index (χ1) is 12.1. The summed E-state index contributed by atoms with van der Waals surface area (Å²) in [6.07, 6.45) is 3.48. The molecule has 1 atom stereocenters. The van der Waals surface area contributed by atoms with E-state index >= 15 is 0 Å². The van der Waals surface area contributed by atoms with Gasteiger partial charge in [-0.05, 0) is 44.5 Å². The fourth-order valence-electron chi connectivity index (χ4n) is 4.00. The minimum absolute atomic E-state index is 0.0805. The molecule has 134 valence electrons. The second-order valence-corrected chi connectivity index (χ2v) is 7.32. The number of carbonyl (C=O) groups excluding carboxylic acids is 1. The summed E-state index contributed by atoms with van der Waals surface area (Å²) in [5.41, 5.74) is 1.04. The van der Waals surface area contributed by atoms with E-state index < -0.39 is 5.60 Å². The molecular formula is C18H25N5O2. The van der Waals surface area contributed by atoms with Crippen LogP contribution in [0.5, 0.6) is 0 Å². The van der Waals surface area contributed by atoms with Crippen molar-refractivity contribution in [1.82, 2.24) is 24.8 Å². The van der Waals surface area contributed by atoms with Crippen LogP contribution in [0.3, 0.4) is 0 Å². The van der Waals surface area contributed by atoms with Crippen LogP contribution >= 0.6 is 0 Å². The zero-order valence-electron chi connectivity index (χ0n) is 14.5. The lowest BCUT2D eigenvalue weighted by atomic mass is 10.0. The molecule has 2 saturated heterocycles. The third-order valence-electron chi connectivity index (χ3n) is 5.36. The molecule has 3 heterocycles. The predicted molar refractivity (Wildman–Crippen MR) is 94.0 cm³/mol. The Kier molecular flexibility index (Phi) is 4.43. The predicted octanol–water partition coefficient (Wildman–Crippen LogP) is 0.881. The fourth-order valence-corrected chi connectivity index (χ4v) is 4.00. The summed E-state index contributed by atoms with van der Waals surface area (Å²) in [6, 6.07) is 7.75. The smallest absolute Gasteiger partial charge is 0.224 e. The molecule has 1 amide bonds. The van der Waals surface area contributed by atoms with Crippen LogP contribution < -0.4 is 0 Å². The van der Waals surface area contributed by atoms with E-state index in [-0.39, 0.29) is 5.91 Å². The number of benzene rings is 1. The van der Waals surface area contributed by atoms with Crippen molar-refractivity contribution in [2.75, 3.05) is 32.7 Å². The first-order valence-electron chi connectivity index (χ1n) is 9.14. The van der Waals surface area contributed by atoms with E-state index in [9.17, 15) is 9.90 Å². The highest BCUT2D eigenvalue weighted by Gasteiger charge is 2.39. The average molecular weight is 343 g/mol. The van der Waals surface area contributed by atoms with E-state index in [4.69, 9.17) is 0 Å². The Hall–Kier alpha value is -1.99. The van der Waals surface area contributed by atoms with Crippen LogP contribution in [0, 0.1) is 0 Å². The van der Waals surface area contributed by atoms with Gasteiger partial charge < -0.3 is 14.9 Å². The van der Waals surface area contributed by atoms with Gasteiger partial charge in [0.05, 0.1) is 24.2 Å². The van der Waals surface area contributed by atoms with Gasteiger partial charge in [0, 0.05) is 19.5 Å². The van der Waals surface area contributed by atoms with Gasteiger partial charge in [0.2, 0.25) is 5.91 Å². The molecule has 0 spiro atoms. The summed E-state index contributed by atoms with van der Waals surface area (Å²) in [4.78, 5) is 16.7. The van der Waals surface area contributed by atoms with Gasteiger partial charge in [-0.15, -0.1) is 5.10 Å². The van der Waals surface area contributed by atoms with Crippen molar-refractivity contribution in [2.45, 2.75) is 37.8 Å². The molecule has 2 aliphatic heterocycles. The maximum atomic E-state index is 12.5. The molecule has 1 unspecified atom stereocenters. The molecular weight excluding hydrogens is 318 g/mol. The first kappa shape index (κ1) is 16.5. The lowest BCUT2D eigenvalue weighted by Gasteiger charge is -2.28. The maximum absolute atomic E-state index is 12.5. The molecule has 0 radical (unpaired) electrons. The number of fused-ring (bicyclic) bond motifs is 1. The van der Waals surface area contributed by atoms with Crippen LogP contribution in [0.15, 0.2) is 24.3 Å². The summed E-state index contributed by atoms with van der Waals surface area (Å²) < 4.78 is 1.78. The first-order valence-corrected chi connectivity index (χ1v) is 9.14. The highest BCUT2D eigenvalue weighted by molar-refractivity contribution is 5.77. The van der Waals surface area contributed by atoms with Crippen LogP contribution in [-0.2, 0) is 11.3 Å². The number of amides is 1. The van der Waals surface area contributed by atoms with E-state index in [1.807, 2.05) is 24.3 Å². The molecule has 1 N–H and O–H groups in total. The van der Waals surface area contributed by atoms with Gasteiger partial charge >= 0.3 is 0 Å². The number of aliphatic hydroxyl groups is 1. The van der Waals surface area contributed by atoms with Gasteiger partial charge in [0.25, 0.3) is 0 Å². The average Bonchev–Trinajstić information content (AvgIpc) is 3.33. The lowest BCUT2D eigenvalue weighted by molar-refractivity contribution is -0.131. The fraction of sp³-hybridized carbons (Fsp3) is 0.611. The molecule has 0 saturated carbocycles. The summed E-state index contributed by atoms with van der Waals surface area (Å²) in [6.45, 7) is 4.41. The lowest BCUT2D eigenvalue weighted by Crippen LogP contribution is -2.45. The Labute approximate surface area is 147 Å². The second-order valence-electron chi connectivity index (χ2n) is 7.32. The number of aryl methyl sites for hydroxylation is 1. The molecule has 1 aromatic heterocycles. The molecule has 0 bridgehead atoms. The molecule has 2 aromatic rings. The third-order valence-corrected chi connectivity index (χ3v) is 5.36. The van der Waals surface area contributed by atoms with Crippen molar-refractivity contribution >= 4 is 16.9 Å². The van der Waals surface area contributed by atoms with Crippen LogP contribution in [0.1, 0.15) is 25.7 Å². The second kappa shape index (κ2) is 6.72. The normalized spacial score (nSPS) is 24.4.